The highest BCUT2D eigenvalue weighted by Gasteiger charge is 2.22. The molecule has 4 nitrogen and oxygen atoms in total. The fourth-order valence-corrected chi connectivity index (χ4v) is 3.94. The lowest BCUT2D eigenvalue weighted by Gasteiger charge is -2.23. The fraction of sp³-hybridized carbons (Fsp3) is 0.350. The van der Waals surface area contributed by atoms with Crippen molar-refractivity contribution in [2.24, 2.45) is 7.05 Å². The summed E-state index contributed by atoms with van der Waals surface area (Å²) < 4.78 is 2.34. The first-order valence-corrected chi connectivity index (χ1v) is 8.49. The number of aliphatic hydroxyl groups excluding tert-OH is 1. The van der Waals surface area contributed by atoms with E-state index in [1.807, 2.05) is 12.1 Å². The van der Waals surface area contributed by atoms with Crippen molar-refractivity contribution >= 4 is 10.9 Å². The Morgan fingerprint density at radius 1 is 1.17 bits per heavy atom. The number of aryl methyl sites for hydroxylation is 1. The summed E-state index contributed by atoms with van der Waals surface area (Å²) in [5.74, 6) is 0. The van der Waals surface area contributed by atoms with Crippen LogP contribution in [0.4, 0.5) is 0 Å². The summed E-state index contributed by atoms with van der Waals surface area (Å²) >= 11 is 0. The molecule has 1 unspecified atom stereocenters. The average molecular weight is 321 g/mol. The first-order chi connectivity index (χ1) is 11.6. The number of fused-ring (bicyclic) bond motifs is 3. The van der Waals surface area contributed by atoms with Gasteiger partial charge in [0.2, 0.25) is 0 Å². The van der Waals surface area contributed by atoms with Crippen LogP contribution >= 0.6 is 0 Å². The van der Waals surface area contributed by atoms with E-state index in [0.717, 1.165) is 25.1 Å². The maximum absolute atomic E-state index is 10.6. The highest BCUT2D eigenvalue weighted by molar-refractivity contribution is 5.88. The standard InChI is InChI=1S/C20H23N3O/c1-22-11-8-18-17(13-22)16-5-3-4-15(20(16)23(18)2)12-19(24)14-6-9-21-10-7-14/h3-7,9-10,19,24H,8,11-13H2,1-2H3. The number of aliphatic hydroxyl groups is 1. The lowest BCUT2D eigenvalue weighted by molar-refractivity contribution is 0.178. The number of hydrogen-bond acceptors (Lipinski definition) is 3. The van der Waals surface area contributed by atoms with Crippen molar-refractivity contribution in [2.75, 3.05) is 13.6 Å². The van der Waals surface area contributed by atoms with E-state index >= 15 is 0 Å². The maximum Gasteiger partial charge on any atom is 0.0832 e. The molecule has 1 aliphatic heterocycles. The van der Waals surface area contributed by atoms with Gasteiger partial charge in [-0.25, -0.2) is 0 Å². The Balaban J connectivity index is 1.77. The Labute approximate surface area is 142 Å². The first kappa shape index (κ1) is 15.4. The van der Waals surface area contributed by atoms with Gasteiger partial charge in [0.25, 0.3) is 0 Å². The third-order valence-electron chi connectivity index (χ3n) is 5.20. The molecule has 1 N–H and O–H groups in total. The van der Waals surface area contributed by atoms with Crippen LogP contribution in [0.2, 0.25) is 0 Å². The molecule has 24 heavy (non-hydrogen) atoms. The van der Waals surface area contributed by atoms with Crippen molar-refractivity contribution in [2.45, 2.75) is 25.5 Å². The Hall–Kier alpha value is -2.17. The van der Waals surface area contributed by atoms with Crippen molar-refractivity contribution in [3.8, 4) is 0 Å². The van der Waals surface area contributed by atoms with Gasteiger partial charge in [-0.05, 0) is 35.9 Å². The minimum Gasteiger partial charge on any atom is -0.388 e. The van der Waals surface area contributed by atoms with Gasteiger partial charge < -0.3 is 14.6 Å². The second-order valence-electron chi connectivity index (χ2n) is 6.79. The second-order valence-corrected chi connectivity index (χ2v) is 6.79. The topological polar surface area (TPSA) is 41.3 Å². The van der Waals surface area contributed by atoms with Gasteiger partial charge >= 0.3 is 0 Å². The summed E-state index contributed by atoms with van der Waals surface area (Å²) in [5.41, 5.74) is 6.28. The van der Waals surface area contributed by atoms with E-state index in [1.165, 1.54) is 27.7 Å². The molecule has 0 bridgehead atoms. The van der Waals surface area contributed by atoms with Crippen LogP contribution in [0.3, 0.4) is 0 Å². The molecule has 0 spiro atoms. The third-order valence-corrected chi connectivity index (χ3v) is 5.20. The van der Waals surface area contributed by atoms with Gasteiger partial charge in [0, 0.05) is 56.5 Å². The van der Waals surface area contributed by atoms with Gasteiger partial charge in [0.15, 0.2) is 0 Å². The van der Waals surface area contributed by atoms with E-state index in [0.29, 0.717) is 6.42 Å². The predicted molar refractivity (Wildman–Crippen MR) is 95.9 cm³/mol. The monoisotopic (exact) mass is 321 g/mol. The molecule has 1 atom stereocenters. The van der Waals surface area contributed by atoms with Crippen LogP contribution in [-0.4, -0.2) is 33.1 Å². The largest absolute Gasteiger partial charge is 0.388 e. The van der Waals surface area contributed by atoms with E-state index in [1.54, 1.807) is 12.4 Å². The average Bonchev–Trinajstić information content (AvgIpc) is 2.89. The molecule has 0 radical (unpaired) electrons. The molecule has 3 heterocycles. The summed E-state index contributed by atoms with van der Waals surface area (Å²) in [5, 5.41) is 12.0. The zero-order valence-electron chi connectivity index (χ0n) is 14.2. The molecule has 0 amide bonds. The molecule has 0 saturated heterocycles. The molecule has 0 aliphatic carbocycles. The molecular formula is C20H23N3O. The van der Waals surface area contributed by atoms with Gasteiger partial charge in [-0.1, -0.05) is 18.2 Å². The zero-order valence-corrected chi connectivity index (χ0v) is 14.2. The molecule has 1 aromatic carbocycles. The number of aromatic nitrogens is 2. The number of benzene rings is 1. The zero-order chi connectivity index (χ0) is 16.7. The minimum atomic E-state index is -0.506. The summed E-state index contributed by atoms with van der Waals surface area (Å²) in [6.45, 7) is 2.11. The van der Waals surface area contributed by atoms with Crippen molar-refractivity contribution in [1.82, 2.24) is 14.5 Å². The van der Waals surface area contributed by atoms with E-state index < -0.39 is 6.10 Å². The van der Waals surface area contributed by atoms with Crippen LogP contribution in [0.25, 0.3) is 10.9 Å². The molecule has 0 fully saturated rings. The Morgan fingerprint density at radius 2 is 1.96 bits per heavy atom. The van der Waals surface area contributed by atoms with Crippen molar-refractivity contribution in [1.29, 1.82) is 0 Å². The quantitative estimate of drug-likeness (QED) is 0.806. The van der Waals surface area contributed by atoms with E-state index in [-0.39, 0.29) is 0 Å². The minimum absolute atomic E-state index is 0.506. The summed E-state index contributed by atoms with van der Waals surface area (Å²) in [6.07, 6.45) is 4.66. The predicted octanol–water partition coefficient (Wildman–Crippen LogP) is 2.84. The summed E-state index contributed by atoms with van der Waals surface area (Å²) in [7, 11) is 4.34. The van der Waals surface area contributed by atoms with Gasteiger partial charge in [0.05, 0.1) is 11.6 Å². The van der Waals surface area contributed by atoms with Gasteiger partial charge in [-0.2, -0.15) is 0 Å². The van der Waals surface area contributed by atoms with Crippen LogP contribution in [0.15, 0.2) is 42.7 Å². The Kier molecular flexibility index (Phi) is 3.87. The number of rotatable bonds is 3. The van der Waals surface area contributed by atoms with Crippen molar-refractivity contribution < 1.29 is 5.11 Å². The number of nitrogens with zero attached hydrogens (tertiary/aromatic N) is 3. The molecule has 1 aliphatic rings. The second kappa shape index (κ2) is 6.04. The fourth-order valence-electron chi connectivity index (χ4n) is 3.94. The third kappa shape index (κ3) is 2.52. The highest BCUT2D eigenvalue weighted by atomic mass is 16.3. The Bertz CT molecular complexity index is 869. The normalized spacial score (nSPS) is 16.3. The number of pyridine rings is 1. The lowest BCUT2D eigenvalue weighted by Crippen LogP contribution is -2.26. The van der Waals surface area contributed by atoms with Gasteiger partial charge in [-0.15, -0.1) is 0 Å². The van der Waals surface area contributed by atoms with Crippen LogP contribution in [-0.2, 0) is 26.4 Å². The maximum atomic E-state index is 10.6. The van der Waals surface area contributed by atoms with Gasteiger partial charge in [0.1, 0.15) is 0 Å². The first-order valence-electron chi connectivity index (χ1n) is 8.49. The highest BCUT2D eigenvalue weighted by Crippen LogP contribution is 2.33. The molecule has 0 saturated carbocycles. The lowest BCUT2D eigenvalue weighted by atomic mass is 9.99. The smallest absolute Gasteiger partial charge is 0.0832 e. The molecular weight excluding hydrogens is 298 g/mol. The van der Waals surface area contributed by atoms with Crippen molar-refractivity contribution in [3.63, 3.8) is 0 Å². The van der Waals surface area contributed by atoms with Crippen LogP contribution < -0.4 is 0 Å². The number of para-hydroxylation sites is 1. The van der Waals surface area contributed by atoms with E-state index in [4.69, 9.17) is 0 Å². The number of hydrogen-bond donors (Lipinski definition) is 1. The SMILES string of the molecule is CN1CCc2c(c3cccc(CC(O)c4ccncc4)c3n2C)C1. The van der Waals surface area contributed by atoms with Crippen LogP contribution in [0, 0.1) is 0 Å². The molecule has 3 aromatic rings. The van der Waals surface area contributed by atoms with Crippen molar-refractivity contribution in [3.05, 3.63) is 65.1 Å². The summed E-state index contributed by atoms with van der Waals surface area (Å²) in [4.78, 5) is 6.41. The molecule has 124 valence electrons. The van der Waals surface area contributed by atoms with Gasteiger partial charge in [-0.3, -0.25) is 4.98 Å². The molecule has 4 rings (SSSR count). The molecule has 2 aromatic heterocycles. The molecule has 4 heteroatoms. The van der Waals surface area contributed by atoms with E-state index in [9.17, 15) is 5.11 Å². The Morgan fingerprint density at radius 3 is 2.75 bits per heavy atom. The van der Waals surface area contributed by atoms with E-state index in [2.05, 4.69) is 46.7 Å². The number of likely N-dealkylation sites (N-methyl/N-ethyl adjacent to an activating group) is 1. The summed E-state index contributed by atoms with van der Waals surface area (Å²) in [6, 6.07) is 10.2. The van der Waals surface area contributed by atoms with Crippen LogP contribution in [0.5, 0.6) is 0 Å². The van der Waals surface area contributed by atoms with Crippen LogP contribution in [0.1, 0.15) is 28.5 Å².